The summed E-state index contributed by atoms with van der Waals surface area (Å²) in [5, 5.41) is 0.785. The van der Waals surface area contributed by atoms with Gasteiger partial charge in [0.05, 0.1) is 0 Å². The highest BCUT2D eigenvalue weighted by Gasteiger charge is 2.05. The fraction of sp³-hybridized carbons (Fsp3) is 0.250. The Morgan fingerprint density at radius 2 is 1.74 bits per heavy atom. The van der Waals surface area contributed by atoms with Gasteiger partial charge in [-0.1, -0.05) is 48.0 Å². The molecule has 2 N–H and O–H groups in total. The van der Waals surface area contributed by atoms with Crippen LogP contribution in [0.3, 0.4) is 0 Å². The minimum Gasteiger partial charge on any atom is -0.326 e. The highest BCUT2D eigenvalue weighted by molar-refractivity contribution is 6.30. The maximum absolute atomic E-state index is 6.00. The molecule has 2 rings (SSSR count). The van der Waals surface area contributed by atoms with Gasteiger partial charge in [-0.25, -0.2) is 0 Å². The van der Waals surface area contributed by atoms with Crippen LogP contribution >= 0.6 is 11.6 Å². The average molecular weight is 275 g/mol. The van der Waals surface area contributed by atoms with E-state index in [1.54, 1.807) is 0 Å². The van der Waals surface area contributed by atoms with Gasteiger partial charge in [0.2, 0.25) is 0 Å². The molecular weight excluding hydrogens is 256 g/mol. The number of hydrogen-bond donors (Lipinski definition) is 1. The molecule has 0 unspecified atom stereocenters. The monoisotopic (exact) mass is 274 g/mol. The molecule has 0 spiro atoms. The van der Waals surface area contributed by atoms with Crippen molar-refractivity contribution in [2.75, 3.05) is 7.05 Å². The molecule has 0 aromatic heterocycles. The van der Waals surface area contributed by atoms with Crippen molar-refractivity contribution < 1.29 is 0 Å². The van der Waals surface area contributed by atoms with E-state index in [4.69, 9.17) is 17.3 Å². The second-order valence-corrected chi connectivity index (χ2v) is 5.21. The van der Waals surface area contributed by atoms with Crippen LogP contribution in [0.2, 0.25) is 5.02 Å². The van der Waals surface area contributed by atoms with Crippen LogP contribution in [0.15, 0.2) is 48.5 Å². The zero-order chi connectivity index (χ0) is 13.7. The third-order valence-corrected chi connectivity index (χ3v) is 3.36. The van der Waals surface area contributed by atoms with Crippen LogP contribution in [0, 0.1) is 0 Å². The van der Waals surface area contributed by atoms with Crippen molar-refractivity contribution >= 4 is 11.6 Å². The van der Waals surface area contributed by atoms with Gasteiger partial charge in [-0.15, -0.1) is 0 Å². The van der Waals surface area contributed by atoms with Gasteiger partial charge in [-0.3, -0.25) is 4.90 Å². The zero-order valence-corrected chi connectivity index (χ0v) is 11.9. The van der Waals surface area contributed by atoms with E-state index >= 15 is 0 Å². The number of benzene rings is 2. The van der Waals surface area contributed by atoms with Gasteiger partial charge < -0.3 is 5.73 Å². The molecular formula is C16H19ClN2. The molecule has 2 aromatic carbocycles. The molecule has 100 valence electrons. The maximum atomic E-state index is 6.00. The minimum atomic E-state index is 0.585. The van der Waals surface area contributed by atoms with Gasteiger partial charge >= 0.3 is 0 Å². The number of rotatable bonds is 5. The lowest BCUT2D eigenvalue weighted by atomic mass is 10.1. The van der Waals surface area contributed by atoms with E-state index in [1.807, 2.05) is 24.3 Å². The zero-order valence-electron chi connectivity index (χ0n) is 11.1. The van der Waals surface area contributed by atoms with Gasteiger partial charge in [0.15, 0.2) is 0 Å². The lowest BCUT2D eigenvalue weighted by molar-refractivity contribution is 0.318. The SMILES string of the molecule is CN(Cc1cccc(Cl)c1)Cc1ccccc1CN. The quantitative estimate of drug-likeness (QED) is 0.905. The third kappa shape index (κ3) is 4.06. The van der Waals surface area contributed by atoms with Gasteiger partial charge in [0.25, 0.3) is 0 Å². The lowest BCUT2D eigenvalue weighted by Crippen LogP contribution is -2.18. The van der Waals surface area contributed by atoms with Crippen LogP contribution in [-0.2, 0) is 19.6 Å². The first-order chi connectivity index (χ1) is 9.19. The van der Waals surface area contributed by atoms with E-state index in [9.17, 15) is 0 Å². The van der Waals surface area contributed by atoms with E-state index < -0.39 is 0 Å². The van der Waals surface area contributed by atoms with Crippen molar-refractivity contribution in [3.05, 3.63) is 70.2 Å². The molecule has 0 atom stereocenters. The summed E-state index contributed by atoms with van der Waals surface area (Å²) in [6.07, 6.45) is 0. The molecule has 2 nitrogen and oxygen atoms in total. The van der Waals surface area contributed by atoms with E-state index in [0.29, 0.717) is 6.54 Å². The molecule has 0 fully saturated rings. The Kier molecular flexibility index (Phi) is 4.97. The molecule has 0 saturated heterocycles. The predicted octanol–water partition coefficient (Wildman–Crippen LogP) is 3.43. The molecule has 0 amide bonds. The van der Waals surface area contributed by atoms with Crippen molar-refractivity contribution in [3.63, 3.8) is 0 Å². The van der Waals surface area contributed by atoms with Crippen LogP contribution in [0.25, 0.3) is 0 Å². The summed E-state index contributed by atoms with van der Waals surface area (Å²) in [5.74, 6) is 0. The molecule has 0 aliphatic rings. The third-order valence-electron chi connectivity index (χ3n) is 3.12. The first-order valence-electron chi connectivity index (χ1n) is 6.39. The van der Waals surface area contributed by atoms with Crippen molar-refractivity contribution in [1.29, 1.82) is 0 Å². The van der Waals surface area contributed by atoms with Crippen LogP contribution in [0.5, 0.6) is 0 Å². The predicted molar refractivity (Wildman–Crippen MR) is 81.0 cm³/mol. The van der Waals surface area contributed by atoms with Crippen LogP contribution in [-0.4, -0.2) is 11.9 Å². The Balaban J connectivity index is 2.03. The second-order valence-electron chi connectivity index (χ2n) is 4.78. The standard InChI is InChI=1S/C16H19ClN2/c1-19(11-13-5-4-8-16(17)9-13)12-15-7-3-2-6-14(15)10-18/h2-9H,10-12,18H2,1H3. The molecule has 0 radical (unpaired) electrons. The lowest BCUT2D eigenvalue weighted by Gasteiger charge is -2.18. The molecule has 0 aliphatic carbocycles. The van der Waals surface area contributed by atoms with E-state index in [-0.39, 0.29) is 0 Å². The van der Waals surface area contributed by atoms with Crippen LogP contribution in [0.1, 0.15) is 16.7 Å². The molecule has 3 heteroatoms. The van der Waals surface area contributed by atoms with E-state index in [0.717, 1.165) is 18.1 Å². The molecule has 0 saturated carbocycles. The summed E-state index contributed by atoms with van der Waals surface area (Å²) in [6.45, 7) is 2.35. The Labute approximate surface area is 119 Å². The Bertz CT molecular complexity index is 540. The van der Waals surface area contributed by atoms with Gasteiger partial charge in [0, 0.05) is 24.7 Å². The summed E-state index contributed by atoms with van der Waals surface area (Å²) in [5.41, 5.74) is 9.48. The molecule has 0 aliphatic heterocycles. The van der Waals surface area contributed by atoms with Gasteiger partial charge in [0.1, 0.15) is 0 Å². The molecule has 19 heavy (non-hydrogen) atoms. The summed E-state index contributed by atoms with van der Waals surface area (Å²) >= 11 is 6.00. The first kappa shape index (κ1) is 14.1. The fourth-order valence-corrected chi connectivity index (χ4v) is 2.42. The summed E-state index contributed by atoms with van der Waals surface area (Å²) in [4.78, 5) is 2.26. The van der Waals surface area contributed by atoms with Crippen LogP contribution < -0.4 is 5.73 Å². The Morgan fingerprint density at radius 3 is 2.42 bits per heavy atom. The van der Waals surface area contributed by atoms with Crippen molar-refractivity contribution in [1.82, 2.24) is 4.90 Å². The highest BCUT2D eigenvalue weighted by atomic mass is 35.5. The molecule has 0 bridgehead atoms. The fourth-order valence-electron chi connectivity index (χ4n) is 2.20. The van der Waals surface area contributed by atoms with Crippen molar-refractivity contribution in [2.45, 2.75) is 19.6 Å². The Hall–Kier alpha value is -1.35. The number of nitrogens with zero attached hydrogens (tertiary/aromatic N) is 1. The summed E-state index contributed by atoms with van der Waals surface area (Å²) in [6, 6.07) is 16.3. The minimum absolute atomic E-state index is 0.585. The van der Waals surface area contributed by atoms with Crippen LogP contribution in [0.4, 0.5) is 0 Å². The molecule has 0 heterocycles. The normalized spacial score (nSPS) is 10.9. The maximum Gasteiger partial charge on any atom is 0.0409 e. The van der Waals surface area contributed by atoms with Gasteiger partial charge in [-0.05, 0) is 35.9 Å². The van der Waals surface area contributed by atoms with Crippen molar-refractivity contribution in [2.24, 2.45) is 5.73 Å². The van der Waals surface area contributed by atoms with E-state index in [2.05, 4.69) is 36.2 Å². The topological polar surface area (TPSA) is 29.3 Å². The number of hydrogen-bond acceptors (Lipinski definition) is 2. The number of nitrogens with two attached hydrogens (primary N) is 1. The Morgan fingerprint density at radius 1 is 1.00 bits per heavy atom. The second kappa shape index (κ2) is 6.71. The largest absolute Gasteiger partial charge is 0.326 e. The molecule has 2 aromatic rings. The number of halogens is 1. The van der Waals surface area contributed by atoms with Gasteiger partial charge in [-0.2, -0.15) is 0 Å². The highest BCUT2D eigenvalue weighted by Crippen LogP contribution is 2.15. The summed E-state index contributed by atoms with van der Waals surface area (Å²) in [7, 11) is 2.11. The van der Waals surface area contributed by atoms with E-state index in [1.165, 1.54) is 16.7 Å². The van der Waals surface area contributed by atoms with Crippen molar-refractivity contribution in [3.8, 4) is 0 Å². The first-order valence-corrected chi connectivity index (χ1v) is 6.76. The smallest absolute Gasteiger partial charge is 0.0409 e. The summed E-state index contributed by atoms with van der Waals surface area (Å²) < 4.78 is 0. The average Bonchev–Trinajstić information content (AvgIpc) is 2.39.